The molecule has 0 spiro atoms. The number of likely N-dealkylation sites (tertiary alicyclic amines) is 1. The van der Waals surface area contributed by atoms with Crippen LogP contribution in [0.2, 0.25) is 0 Å². The van der Waals surface area contributed by atoms with Gasteiger partial charge in [0.25, 0.3) is 5.82 Å². The van der Waals surface area contributed by atoms with E-state index in [9.17, 15) is 18.0 Å². The molecule has 4 fully saturated rings. The summed E-state index contributed by atoms with van der Waals surface area (Å²) < 4.78 is 49.3. The highest BCUT2D eigenvalue weighted by molar-refractivity contribution is 5.82. The van der Waals surface area contributed by atoms with Gasteiger partial charge in [-0.1, -0.05) is 0 Å². The van der Waals surface area contributed by atoms with Gasteiger partial charge in [0.2, 0.25) is 5.91 Å². The van der Waals surface area contributed by atoms with E-state index in [4.69, 9.17) is 9.26 Å². The van der Waals surface area contributed by atoms with Crippen molar-refractivity contribution in [3.8, 4) is 0 Å². The predicted octanol–water partition coefficient (Wildman–Crippen LogP) is 1.87. The number of aromatic nitrogens is 2. The Kier molecular flexibility index (Phi) is 5.16. The van der Waals surface area contributed by atoms with Gasteiger partial charge < -0.3 is 19.1 Å². The summed E-state index contributed by atoms with van der Waals surface area (Å²) in [7, 11) is 0. The highest BCUT2D eigenvalue weighted by atomic mass is 19.4. The first kappa shape index (κ1) is 21.0. The molecule has 1 aliphatic carbocycles. The molecule has 4 heterocycles. The molecular formula is C20H28F3N5O3. The number of fused-ring (bicyclic) bond motifs is 3. The van der Waals surface area contributed by atoms with Gasteiger partial charge in [-0.2, -0.15) is 18.2 Å². The van der Waals surface area contributed by atoms with Crippen LogP contribution >= 0.6 is 0 Å². The highest BCUT2D eigenvalue weighted by Gasteiger charge is 2.61. The van der Waals surface area contributed by atoms with Crippen LogP contribution in [0.4, 0.5) is 19.2 Å². The molecule has 4 aliphatic rings. The Morgan fingerprint density at radius 3 is 2.23 bits per heavy atom. The maximum atomic E-state index is 12.9. The monoisotopic (exact) mass is 443 g/mol. The zero-order chi connectivity index (χ0) is 21.9. The molecule has 0 N–H and O–H groups in total. The molecule has 1 aromatic rings. The maximum Gasteiger partial charge on any atom is 0.455 e. The highest BCUT2D eigenvalue weighted by Crippen LogP contribution is 2.54. The van der Waals surface area contributed by atoms with Gasteiger partial charge in [-0.15, -0.1) is 0 Å². The third-order valence-electron chi connectivity index (χ3n) is 7.48. The molecular weight excluding hydrogens is 415 g/mol. The average Bonchev–Trinajstić information content (AvgIpc) is 3.09. The van der Waals surface area contributed by atoms with Crippen LogP contribution in [0.3, 0.4) is 0 Å². The van der Waals surface area contributed by atoms with E-state index in [0.29, 0.717) is 31.1 Å². The average molecular weight is 443 g/mol. The number of carbonyl (C=O) groups is 1. The number of amides is 1. The van der Waals surface area contributed by atoms with Gasteiger partial charge >= 0.3 is 12.2 Å². The molecule has 3 saturated heterocycles. The van der Waals surface area contributed by atoms with Crippen molar-refractivity contribution in [2.24, 2.45) is 17.8 Å². The molecule has 5 rings (SSSR count). The molecule has 0 radical (unpaired) electrons. The fraction of sp³-hybridized carbons (Fsp3) is 0.850. The molecule has 1 saturated carbocycles. The standard InChI is InChI=1S/C20H28F3N5O3/c1-3-26(4-2)17(29)16-14-7-27(8-15(14)16)11-5-12-9-30-10-13(6-11)28(12)19-24-18(25-31-19)20(21,22)23/h11-16H,3-10H2,1-2H3/t11?,12?,13?,14-,15+,16-. The maximum absolute atomic E-state index is 12.9. The summed E-state index contributed by atoms with van der Waals surface area (Å²) in [6, 6.07) is 0.0727. The zero-order valence-corrected chi connectivity index (χ0v) is 17.7. The number of morpholine rings is 1. The summed E-state index contributed by atoms with van der Waals surface area (Å²) in [4.78, 5) is 22.5. The second-order valence-electron chi connectivity index (χ2n) is 9.09. The van der Waals surface area contributed by atoms with Crippen molar-refractivity contribution in [3.63, 3.8) is 0 Å². The minimum atomic E-state index is -4.62. The Bertz CT molecular complexity index is 803. The molecule has 0 aromatic carbocycles. The molecule has 2 bridgehead atoms. The quantitative estimate of drug-likeness (QED) is 0.688. The molecule has 31 heavy (non-hydrogen) atoms. The van der Waals surface area contributed by atoms with Gasteiger partial charge in [-0.3, -0.25) is 9.69 Å². The lowest BCUT2D eigenvalue weighted by atomic mass is 9.89. The SMILES string of the molecule is CCN(CC)C(=O)[C@@H]1[C@@H]2CN(C3CC4COCC(C3)N4c3nc(C(F)(F)F)no3)C[C@@H]21. The van der Waals surface area contributed by atoms with Crippen LogP contribution in [0.1, 0.15) is 32.5 Å². The topological polar surface area (TPSA) is 74.9 Å². The summed E-state index contributed by atoms with van der Waals surface area (Å²) in [6.07, 6.45) is -3.08. The van der Waals surface area contributed by atoms with Crippen LogP contribution in [0, 0.1) is 17.8 Å². The van der Waals surface area contributed by atoms with Gasteiger partial charge in [-0.05, 0) is 43.7 Å². The first-order valence-corrected chi connectivity index (χ1v) is 11.1. The number of anilines is 1. The van der Waals surface area contributed by atoms with Crippen molar-refractivity contribution in [1.82, 2.24) is 19.9 Å². The third-order valence-corrected chi connectivity index (χ3v) is 7.48. The molecule has 172 valence electrons. The van der Waals surface area contributed by atoms with Gasteiger partial charge in [0.05, 0.1) is 25.3 Å². The lowest BCUT2D eigenvalue weighted by molar-refractivity contribution is -0.146. The van der Waals surface area contributed by atoms with Crippen molar-refractivity contribution in [2.75, 3.05) is 44.3 Å². The fourth-order valence-corrected chi connectivity index (χ4v) is 5.90. The van der Waals surface area contributed by atoms with E-state index < -0.39 is 12.0 Å². The van der Waals surface area contributed by atoms with E-state index >= 15 is 0 Å². The van der Waals surface area contributed by atoms with Crippen molar-refractivity contribution in [2.45, 2.75) is 51.0 Å². The summed E-state index contributed by atoms with van der Waals surface area (Å²) in [5.74, 6) is 0.0852. The first-order chi connectivity index (χ1) is 14.8. The van der Waals surface area contributed by atoms with Crippen LogP contribution in [-0.2, 0) is 15.7 Å². The fourth-order valence-electron chi connectivity index (χ4n) is 5.90. The second-order valence-corrected chi connectivity index (χ2v) is 9.09. The Balaban J connectivity index is 1.23. The van der Waals surface area contributed by atoms with E-state index in [-0.39, 0.29) is 29.9 Å². The van der Waals surface area contributed by atoms with Crippen molar-refractivity contribution >= 4 is 11.9 Å². The minimum Gasteiger partial charge on any atom is -0.377 e. The van der Waals surface area contributed by atoms with Crippen molar-refractivity contribution in [1.29, 1.82) is 0 Å². The van der Waals surface area contributed by atoms with Crippen molar-refractivity contribution < 1.29 is 27.2 Å². The molecule has 8 nitrogen and oxygen atoms in total. The smallest absolute Gasteiger partial charge is 0.377 e. The minimum absolute atomic E-state index is 0.0711. The molecule has 5 atom stereocenters. The van der Waals surface area contributed by atoms with E-state index in [1.165, 1.54) is 0 Å². The number of carbonyl (C=O) groups excluding carboxylic acids is 1. The summed E-state index contributed by atoms with van der Waals surface area (Å²) in [5, 5.41) is 3.12. The first-order valence-electron chi connectivity index (χ1n) is 11.1. The normalized spacial score (nSPS) is 35.2. The Morgan fingerprint density at radius 1 is 1.10 bits per heavy atom. The van der Waals surface area contributed by atoms with Gasteiger partial charge in [-0.25, -0.2) is 0 Å². The van der Waals surface area contributed by atoms with Crippen LogP contribution in [0.15, 0.2) is 4.52 Å². The van der Waals surface area contributed by atoms with Crippen LogP contribution in [0.25, 0.3) is 0 Å². The van der Waals surface area contributed by atoms with Gasteiger partial charge in [0.15, 0.2) is 0 Å². The Labute approximate surface area is 178 Å². The van der Waals surface area contributed by atoms with E-state index in [1.54, 1.807) is 0 Å². The largest absolute Gasteiger partial charge is 0.455 e. The number of hydrogen-bond donors (Lipinski definition) is 0. The zero-order valence-electron chi connectivity index (χ0n) is 17.7. The number of alkyl halides is 3. The van der Waals surface area contributed by atoms with E-state index in [2.05, 4.69) is 15.0 Å². The second kappa shape index (κ2) is 7.61. The number of ether oxygens (including phenoxy) is 1. The van der Waals surface area contributed by atoms with Crippen molar-refractivity contribution in [3.05, 3.63) is 5.82 Å². The molecule has 1 amide bonds. The Hall–Kier alpha value is -1.88. The summed E-state index contributed by atoms with van der Waals surface area (Å²) in [5.41, 5.74) is 0. The molecule has 2 unspecified atom stereocenters. The van der Waals surface area contributed by atoms with E-state index in [1.807, 2.05) is 23.6 Å². The van der Waals surface area contributed by atoms with Crippen LogP contribution in [-0.4, -0.2) is 83.4 Å². The van der Waals surface area contributed by atoms with Gasteiger partial charge in [0, 0.05) is 38.1 Å². The Morgan fingerprint density at radius 2 is 1.71 bits per heavy atom. The van der Waals surface area contributed by atoms with Gasteiger partial charge in [0.1, 0.15) is 0 Å². The predicted molar refractivity (Wildman–Crippen MR) is 103 cm³/mol. The van der Waals surface area contributed by atoms with E-state index in [0.717, 1.165) is 39.0 Å². The molecule has 11 heteroatoms. The lowest BCUT2D eigenvalue weighted by Crippen LogP contribution is -2.61. The van der Waals surface area contributed by atoms with Crippen LogP contribution < -0.4 is 4.90 Å². The number of halogens is 3. The number of hydrogen-bond acceptors (Lipinski definition) is 7. The number of piperidine rings is 2. The third kappa shape index (κ3) is 3.59. The molecule has 1 aromatic heterocycles. The van der Waals surface area contributed by atoms with Crippen LogP contribution in [0.5, 0.6) is 0 Å². The number of nitrogens with zero attached hydrogens (tertiary/aromatic N) is 5. The molecule has 3 aliphatic heterocycles. The summed E-state index contributed by atoms with van der Waals surface area (Å²) >= 11 is 0. The lowest BCUT2D eigenvalue weighted by Gasteiger charge is -2.49. The number of rotatable bonds is 5. The summed E-state index contributed by atoms with van der Waals surface area (Å²) in [6.45, 7) is 8.24.